The molecule has 0 radical (unpaired) electrons. The van der Waals surface area contributed by atoms with Crippen LogP contribution in [-0.4, -0.2) is 41.4 Å². The van der Waals surface area contributed by atoms with Crippen LogP contribution in [0.15, 0.2) is 36.4 Å². The zero-order valence-electron chi connectivity index (χ0n) is 13.3. The average molecular weight is 367 g/mol. The van der Waals surface area contributed by atoms with E-state index in [1.165, 1.54) is 0 Å². The molecule has 8 heteroatoms. The van der Waals surface area contributed by atoms with Gasteiger partial charge >= 0.3 is 0 Å². The van der Waals surface area contributed by atoms with Gasteiger partial charge in [0.2, 0.25) is 0 Å². The van der Waals surface area contributed by atoms with Gasteiger partial charge in [-0.2, -0.15) is 0 Å². The van der Waals surface area contributed by atoms with E-state index in [1.54, 1.807) is 11.0 Å². The van der Waals surface area contributed by atoms with E-state index in [2.05, 4.69) is 15.5 Å². The van der Waals surface area contributed by atoms with Crippen LogP contribution >= 0.6 is 11.6 Å². The summed E-state index contributed by atoms with van der Waals surface area (Å²) in [5.41, 5.74) is 0.254. The van der Waals surface area contributed by atoms with E-state index < -0.39 is 12.0 Å². The normalized spacial score (nSPS) is 24.8. The molecule has 132 valence electrons. The smallest absolute Gasteiger partial charge is 0.263 e. The molecule has 4 rings (SSSR count). The Balaban J connectivity index is 1.58. The second kappa shape index (κ2) is 6.38. The van der Waals surface area contributed by atoms with E-state index in [0.717, 1.165) is 5.56 Å². The Bertz CT molecular complexity index is 764. The Labute approximate surface area is 148 Å². The third kappa shape index (κ3) is 2.91. The van der Waals surface area contributed by atoms with Gasteiger partial charge in [-0.05, 0) is 5.56 Å². The highest BCUT2D eigenvalue weighted by Crippen LogP contribution is 2.45. The molecule has 3 heterocycles. The summed E-state index contributed by atoms with van der Waals surface area (Å²) in [6, 6.07) is 11.3. The maximum absolute atomic E-state index is 14.0. The Morgan fingerprint density at radius 3 is 2.88 bits per heavy atom. The van der Waals surface area contributed by atoms with Gasteiger partial charge in [-0.3, -0.25) is 0 Å². The van der Waals surface area contributed by atoms with Gasteiger partial charge in [0, 0.05) is 25.6 Å². The third-order valence-electron chi connectivity index (χ3n) is 4.84. The van der Waals surface area contributed by atoms with Crippen LogP contribution in [0, 0.1) is 0 Å². The number of fused-ring (bicyclic) bond motifs is 3. The fraction of sp³-hybridized carbons (Fsp3) is 0.412. The van der Waals surface area contributed by atoms with E-state index in [1.807, 2.05) is 30.3 Å². The van der Waals surface area contributed by atoms with Crippen molar-refractivity contribution in [3.05, 3.63) is 47.1 Å². The van der Waals surface area contributed by atoms with Gasteiger partial charge in [0.1, 0.15) is 5.54 Å². The molecular formula is C17H17ClF2N4O. The Hall–Kier alpha value is -1.99. The third-order valence-corrected chi connectivity index (χ3v) is 5.02. The van der Waals surface area contributed by atoms with Gasteiger partial charge in [-0.15, -0.1) is 10.2 Å². The van der Waals surface area contributed by atoms with Crippen molar-refractivity contribution < 1.29 is 13.5 Å². The first kappa shape index (κ1) is 16.5. The lowest BCUT2D eigenvalue weighted by Crippen LogP contribution is -2.57. The van der Waals surface area contributed by atoms with Gasteiger partial charge in [-0.25, -0.2) is 8.78 Å². The summed E-state index contributed by atoms with van der Waals surface area (Å²) in [6.45, 7) is 0.862. The van der Waals surface area contributed by atoms with Crippen LogP contribution in [0.2, 0.25) is 5.15 Å². The lowest BCUT2D eigenvalue weighted by molar-refractivity contribution is 0.0216. The predicted molar refractivity (Wildman–Crippen MR) is 91.2 cm³/mol. The van der Waals surface area contributed by atoms with Crippen LogP contribution in [0.3, 0.4) is 0 Å². The van der Waals surface area contributed by atoms with Gasteiger partial charge in [0.05, 0.1) is 18.4 Å². The summed E-state index contributed by atoms with van der Waals surface area (Å²) in [5.74, 6) is 0.476. The number of halogens is 3. The predicted octanol–water partition coefficient (Wildman–Crippen LogP) is 3.35. The summed E-state index contributed by atoms with van der Waals surface area (Å²) < 4.78 is 33.9. The van der Waals surface area contributed by atoms with Crippen molar-refractivity contribution in [3.63, 3.8) is 0 Å². The molecule has 2 atom stereocenters. The molecule has 0 aliphatic carbocycles. The van der Waals surface area contributed by atoms with E-state index in [4.69, 9.17) is 16.3 Å². The van der Waals surface area contributed by atoms with Crippen molar-refractivity contribution in [2.45, 2.75) is 31.1 Å². The minimum absolute atomic E-state index is 0.0964. The quantitative estimate of drug-likeness (QED) is 0.899. The number of ether oxygens (including phenoxy) is 1. The highest BCUT2D eigenvalue weighted by Gasteiger charge is 2.55. The van der Waals surface area contributed by atoms with Crippen molar-refractivity contribution >= 4 is 23.1 Å². The molecule has 1 aromatic heterocycles. The molecule has 2 unspecified atom stereocenters. The number of nitrogens with zero attached hydrogens (tertiary/aromatic N) is 3. The first-order valence-corrected chi connectivity index (χ1v) is 8.45. The SMILES string of the molecule is FC(F)C12CNc3nnc(Cl)cc3N1CC(OCc1ccccc1)C2. The van der Waals surface area contributed by atoms with Gasteiger partial charge in [0.15, 0.2) is 11.0 Å². The second-order valence-electron chi connectivity index (χ2n) is 6.39. The molecule has 0 spiro atoms. The number of alkyl halides is 2. The van der Waals surface area contributed by atoms with Gasteiger partial charge in [-0.1, -0.05) is 41.9 Å². The first-order valence-electron chi connectivity index (χ1n) is 8.07. The zero-order valence-corrected chi connectivity index (χ0v) is 14.1. The molecule has 2 aromatic rings. The molecule has 2 aliphatic heterocycles. The molecule has 1 aromatic carbocycles. The standard InChI is InChI=1S/C17H17ClF2N4O/c18-14-6-13-15(23-22-14)21-10-17(16(19)20)7-12(8-24(13)17)25-9-11-4-2-1-3-5-11/h1-6,12,16H,7-10H2,(H,21,23). The maximum Gasteiger partial charge on any atom is 0.263 e. The first-order chi connectivity index (χ1) is 12.1. The molecule has 1 saturated heterocycles. The lowest BCUT2D eigenvalue weighted by Gasteiger charge is -2.43. The molecule has 1 N–H and O–H groups in total. The Morgan fingerprint density at radius 2 is 2.12 bits per heavy atom. The number of rotatable bonds is 4. The maximum atomic E-state index is 14.0. The highest BCUT2D eigenvalue weighted by atomic mass is 35.5. The topological polar surface area (TPSA) is 50.3 Å². The van der Waals surface area contributed by atoms with Crippen molar-refractivity contribution in [2.75, 3.05) is 23.3 Å². The minimum Gasteiger partial charge on any atom is -0.372 e. The van der Waals surface area contributed by atoms with Crippen molar-refractivity contribution in [1.82, 2.24) is 10.2 Å². The number of hydrogen-bond donors (Lipinski definition) is 1. The molecular weight excluding hydrogens is 350 g/mol. The number of aromatic nitrogens is 2. The molecule has 0 saturated carbocycles. The summed E-state index contributed by atoms with van der Waals surface area (Å²) >= 11 is 5.92. The van der Waals surface area contributed by atoms with Crippen molar-refractivity contribution in [1.29, 1.82) is 0 Å². The molecule has 1 fully saturated rings. The van der Waals surface area contributed by atoms with E-state index in [9.17, 15) is 8.78 Å². The molecule has 2 aliphatic rings. The number of anilines is 2. The van der Waals surface area contributed by atoms with E-state index in [0.29, 0.717) is 24.7 Å². The number of hydrogen-bond acceptors (Lipinski definition) is 5. The zero-order chi connectivity index (χ0) is 17.4. The van der Waals surface area contributed by atoms with Crippen LogP contribution in [0.1, 0.15) is 12.0 Å². The fourth-order valence-electron chi connectivity index (χ4n) is 3.57. The van der Waals surface area contributed by atoms with Crippen LogP contribution in [0.5, 0.6) is 0 Å². The highest BCUT2D eigenvalue weighted by molar-refractivity contribution is 6.29. The van der Waals surface area contributed by atoms with E-state index in [-0.39, 0.29) is 24.2 Å². The number of nitrogens with one attached hydrogen (secondary N) is 1. The summed E-state index contributed by atoms with van der Waals surface area (Å²) in [5, 5.41) is 10.9. The summed E-state index contributed by atoms with van der Waals surface area (Å²) in [6.07, 6.45) is -2.58. The monoisotopic (exact) mass is 366 g/mol. The van der Waals surface area contributed by atoms with Gasteiger partial charge < -0.3 is 15.0 Å². The molecule has 5 nitrogen and oxygen atoms in total. The van der Waals surface area contributed by atoms with Crippen LogP contribution in [0.25, 0.3) is 0 Å². The van der Waals surface area contributed by atoms with Crippen molar-refractivity contribution in [2.24, 2.45) is 0 Å². The second-order valence-corrected chi connectivity index (χ2v) is 6.78. The lowest BCUT2D eigenvalue weighted by atomic mass is 9.93. The minimum atomic E-state index is -2.52. The largest absolute Gasteiger partial charge is 0.372 e. The van der Waals surface area contributed by atoms with Crippen LogP contribution < -0.4 is 10.2 Å². The summed E-state index contributed by atoms with van der Waals surface area (Å²) in [4.78, 5) is 1.68. The fourth-order valence-corrected chi connectivity index (χ4v) is 3.71. The molecule has 0 amide bonds. The molecule has 0 bridgehead atoms. The van der Waals surface area contributed by atoms with Crippen LogP contribution in [0.4, 0.5) is 20.3 Å². The number of benzene rings is 1. The van der Waals surface area contributed by atoms with E-state index >= 15 is 0 Å². The average Bonchev–Trinajstić information content (AvgIpc) is 3.01. The Kier molecular flexibility index (Phi) is 4.21. The van der Waals surface area contributed by atoms with Crippen molar-refractivity contribution in [3.8, 4) is 0 Å². The summed E-state index contributed by atoms with van der Waals surface area (Å²) in [7, 11) is 0. The van der Waals surface area contributed by atoms with Gasteiger partial charge in [0.25, 0.3) is 6.43 Å². The van der Waals surface area contributed by atoms with Crippen LogP contribution in [-0.2, 0) is 11.3 Å². The Morgan fingerprint density at radius 1 is 1.32 bits per heavy atom. The molecule has 25 heavy (non-hydrogen) atoms.